The molecule has 0 unspecified atom stereocenters. The lowest BCUT2D eigenvalue weighted by Gasteiger charge is -2.21. The highest BCUT2D eigenvalue weighted by Crippen LogP contribution is 2.04. The van der Waals surface area contributed by atoms with Crippen LogP contribution in [0.3, 0.4) is 0 Å². The molecule has 1 amide bonds. The predicted molar refractivity (Wildman–Crippen MR) is 95.7 cm³/mol. The Morgan fingerprint density at radius 3 is 2.74 bits per heavy atom. The highest BCUT2D eigenvalue weighted by molar-refractivity contribution is 5.90. The Labute approximate surface area is 139 Å². The zero-order valence-electron chi connectivity index (χ0n) is 14.7. The minimum atomic E-state index is -0.0721. The van der Waals surface area contributed by atoms with E-state index in [4.69, 9.17) is 0 Å². The first kappa shape index (κ1) is 18.9. The molecule has 0 saturated heterocycles. The molecule has 1 heterocycles. The predicted octanol–water partition coefficient (Wildman–Crippen LogP) is 2.42. The first-order valence-corrected chi connectivity index (χ1v) is 8.28. The lowest BCUT2D eigenvalue weighted by atomic mass is 10.3. The highest BCUT2D eigenvalue weighted by atomic mass is 16.1. The van der Waals surface area contributed by atoms with Crippen molar-refractivity contribution in [3.05, 3.63) is 23.9 Å². The van der Waals surface area contributed by atoms with Crippen LogP contribution in [0.5, 0.6) is 0 Å². The zero-order chi connectivity index (χ0) is 17.1. The normalized spacial score (nSPS) is 11.2. The van der Waals surface area contributed by atoms with Crippen LogP contribution in [-0.4, -0.2) is 48.4 Å². The van der Waals surface area contributed by atoms with Crippen LogP contribution >= 0.6 is 0 Å². The van der Waals surface area contributed by atoms with Gasteiger partial charge in [-0.15, -0.1) is 0 Å². The summed E-state index contributed by atoms with van der Waals surface area (Å²) in [7, 11) is 2.02. The van der Waals surface area contributed by atoms with Gasteiger partial charge in [-0.1, -0.05) is 19.4 Å². The second-order valence-electron chi connectivity index (χ2n) is 5.53. The average molecular weight is 319 g/mol. The van der Waals surface area contributed by atoms with Gasteiger partial charge in [0.25, 0.3) is 0 Å². The maximum atomic E-state index is 11.9. The van der Waals surface area contributed by atoms with Crippen molar-refractivity contribution in [1.29, 1.82) is 0 Å². The van der Waals surface area contributed by atoms with Crippen molar-refractivity contribution in [1.82, 2.24) is 15.2 Å². The molecule has 2 N–H and O–H groups in total. The summed E-state index contributed by atoms with van der Waals surface area (Å²) >= 11 is 0. The molecule has 0 atom stereocenters. The second kappa shape index (κ2) is 10.6. The lowest BCUT2D eigenvalue weighted by Crippen LogP contribution is -2.39. The van der Waals surface area contributed by atoms with E-state index in [-0.39, 0.29) is 5.91 Å². The van der Waals surface area contributed by atoms with Gasteiger partial charge in [-0.2, -0.15) is 0 Å². The molecule has 1 rings (SSSR count). The number of amides is 1. The van der Waals surface area contributed by atoms with Crippen LogP contribution in [0, 0.1) is 6.92 Å². The van der Waals surface area contributed by atoms with E-state index >= 15 is 0 Å². The Bertz CT molecular complexity index is 498. The number of anilines is 1. The van der Waals surface area contributed by atoms with E-state index < -0.39 is 0 Å². The van der Waals surface area contributed by atoms with Crippen molar-refractivity contribution in [3.63, 3.8) is 0 Å². The fourth-order valence-corrected chi connectivity index (χ4v) is 1.98. The van der Waals surface area contributed by atoms with Crippen molar-refractivity contribution in [2.24, 2.45) is 4.99 Å². The van der Waals surface area contributed by atoms with Crippen molar-refractivity contribution in [2.75, 3.05) is 32.0 Å². The fraction of sp³-hybridized carbons (Fsp3) is 0.588. The van der Waals surface area contributed by atoms with Crippen molar-refractivity contribution < 1.29 is 4.79 Å². The number of nitrogens with one attached hydrogen (secondary N) is 2. The number of nitrogens with zero attached hydrogens (tertiary/aromatic N) is 3. The van der Waals surface area contributed by atoms with Gasteiger partial charge in [-0.05, 0) is 31.9 Å². The quantitative estimate of drug-likeness (QED) is 0.570. The Morgan fingerprint density at radius 2 is 2.13 bits per heavy atom. The smallest absolute Gasteiger partial charge is 0.227 e. The van der Waals surface area contributed by atoms with Crippen LogP contribution < -0.4 is 10.6 Å². The van der Waals surface area contributed by atoms with E-state index in [2.05, 4.69) is 32.4 Å². The minimum Gasteiger partial charge on any atom is -0.357 e. The Kier molecular flexibility index (Phi) is 8.72. The van der Waals surface area contributed by atoms with Crippen LogP contribution in [0.15, 0.2) is 23.3 Å². The van der Waals surface area contributed by atoms with Gasteiger partial charge in [-0.25, -0.2) is 4.98 Å². The third-order valence-electron chi connectivity index (χ3n) is 3.32. The molecule has 0 aromatic carbocycles. The number of aliphatic imine (C=N–C) groups is 1. The molecule has 23 heavy (non-hydrogen) atoms. The lowest BCUT2D eigenvalue weighted by molar-refractivity contribution is -0.116. The summed E-state index contributed by atoms with van der Waals surface area (Å²) in [4.78, 5) is 22.7. The molecule has 128 valence electrons. The monoisotopic (exact) mass is 319 g/mol. The third-order valence-corrected chi connectivity index (χ3v) is 3.32. The van der Waals surface area contributed by atoms with Gasteiger partial charge in [0.05, 0.1) is 6.54 Å². The highest BCUT2D eigenvalue weighted by Gasteiger charge is 2.06. The summed E-state index contributed by atoms with van der Waals surface area (Å²) in [5, 5.41) is 6.04. The number of hydrogen-bond donors (Lipinski definition) is 2. The molecule has 0 aliphatic carbocycles. The van der Waals surface area contributed by atoms with Crippen LogP contribution in [0.1, 0.15) is 38.7 Å². The number of hydrogen-bond acceptors (Lipinski definition) is 3. The van der Waals surface area contributed by atoms with Crippen LogP contribution in [-0.2, 0) is 4.79 Å². The Hall–Kier alpha value is -2.11. The van der Waals surface area contributed by atoms with Crippen LogP contribution in [0.2, 0.25) is 0 Å². The summed E-state index contributed by atoms with van der Waals surface area (Å²) in [5.41, 5.74) is 1.07. The molecule has 0 aliphatic heterocycles. The van der Waals surface area contributed by atoms with Gasteiger partial charge < -0.3 is 15.5 Å². The van der Waals surface area contributed by atoms with Crippen molar-refractivity contribution >= 4 is 17.7 Å². The molecule has 6 nitrogen and oxygen atoms in total. The van der Waals surface area contributed by atoms with Crippen LogP contribution in [0.25, 0.3) is 0 Å². The number of guanidine groups is 1. The van der Waals surface area contributed by atoms with E-state index in [0.717, 1.165) is 37.5 Å². The number of unbranched alkanes of at least 4 members (excludes halogenated alkanes) is 1. The molecular weight excluding hydrogens is 290 g/mol. The van der Waals surface area contributed by atoms with E-state index in [1.807, 2.05) is 27.0 Å². The van der Waals surface area contributed by atoms with E-state index in [9.17, 15) is 4.79 Å². The molecular formula is C17H29N5O. The maximum absolute atomic E-state index is 11.9. The first-order chi connectivity index (χ1) is 11.1. The molecule has 0 aliphatic rings. The van der Waals surface area contributed by atoms with Gasteiger partial charge in [0.2, 0.25) is 5.91 Å². The molecule has 0 spiro atoms. The van der Waals surface area contributed by atoms with Crippen LogP contribution in [0.4, 0.5) is 5.82 Å². The SMILES string of the molecule is CCCCN(C)C(=NCCC(=O)Nc1ccc(C)cn1)NCC. The minimum absolute atomic E-state index is 0.0721. The zero-order valence-corrected chi connectivity index (χ0v) is 14.7. The number of rotatable bonds is 8. The molecule has 0 fully saturated rings. The Balaban J connectivity index is 2.46. The summed E-state index contributed by atoms with van der Waals surface area (Å²) in [5.74, 6) is 1.36. The number of carbonyl (C=O) groups is 1. The average Bonchev–Trinajstić information content (AvgIpc) is 2.54. The van der Waals surface area contributed by atoms with Gasteiger partial charge in [0.15, 0.2) is 5.96 Å². The van der Waals surface area contributed by atoms with E-state index in [1.54, 1.807) is 12.3 Å². The molecule has 1 aromatic rings. The maximum Gasteiger partial charge on any atom is 0.227 e. The van der Waals surface area contributed by atoms with E-state index in [0.29, 0.717) is 18.8 Å². The Morgan fingerprint density at radius 1 is 1.35 bits per heavy atom. The summed E-state index contributed by atoms with van der Waals surface area (Å²) < 4.78 is 0. The number of aromatic nitrogens is 1. The van der Waals surface area contributed by atoms with Gasteiger partial charge >= 0.3 is 0 Å². The molecule has 0 radical (unpaired) electrons. The van der Waals surface area contributed by atoms with Gasteiger partial charge in [0.1, 0.15) is 5.82 Å². The second-order valence-corrected chi connectivity index (χ2v) is 5.53. The largest absolute Gasteiger partial charge is 0.357 e. The van der Waals surface area contributed by atoms with Gasteiger partial charge in [0, 0.05) is 32.8 Å². The standard InChI is InChI=1S/C17H29N5O/c1-5-7-12-22(4)17(18-6-2)19-11-10-16(23)21-15-9-8-14(3)13-20-15/h8-9,13H,5-7,10-12H2,1-4H3,(H,18,19)(H,20,21,23). The first-order valence-electron chi connectivity index (χ1n) is 8.28. The summed E-state index contributed by atoms with van der Waals surface area (Å²) in [6.45, 7) is 8.40. The molecule has 1 aromatic heterocycles. The summed E-state index contributed by atoms with van der Waals surface area (Å²) in [6, 6.07) is 3.73. The van der Waals surface area contributed by atoms with Gasteiger partial charge in [-0.3, -0.25) is 9.79 Å². The third kappa shape index (κ3) is 7.63. The number of pyridine rings is 1. The number of aryl methyl sites for hydroxylation is 1. The summed E-state index contributed by atoms with van der Waals surface area (Å²) in [6.07, 6.45) is 4.35. The fourth-order valence-electron chi connectivity index (χ4n) is 1.98. The molecule has 6 heteroatoms. The molecule has 0 bridgehead atoms. The van der Waals surface area contributed by atoms with Crippen molar-refractivity contribution in [3.8, 4) is 0 Å². The van der Waals surface area contributed by atoms with Crippen molar-refractivity contribution in [2.45, 2.75) is 40.0 Å². The van der Waals surface area contributed by atoms with E-state index in [1.165, 1.54) is 0 Å². The number of carbonyl (C=O) groups excluding carboxylic acids is 1. The topological polar surface area (TPSA) is 69.6 Å². The molecule has 0 saturated carbocycles.